The van der Waals surface area contributed by atoms with Crippen LogP contribution in [0.15, 0.2) is 11.6 Å². The predicted molar refractivity (Wildman–Crippen MR) is 113 cm³/mol. The van der Waals surface area contributed by atoms with Crippen LogP contribution in [-0.4, -0.2) is 40.8 Å². The topological polar surface area (TPSA) is 83.8 Å². The fraction of sp³-hybridized carbons (Fsp3) is 0.840. The zero-order valence-electron chi connectivity index (χ0n) is 19.0. The Hall–Kier alpha value is -1.20. The summed E-state index contributed by atoms with van der Waals surface area (Å²) in [5.74, 6) is 0.704. The van der Waals surface area contributed by atoms with Crippen LogP contribution < -0.4 is 0 Å². The van der Waals surface area contributed by atoms with Gasteiger partial charge in [-0.3, -0.25) is 4.79 Å². The highest BCUT2D eigenvalue weighted by Gasteiger charge is 2.68. The fourth-order valence-corrected chi connectivity index (χ4v) is 8.29. The summed E-state index contributed by atoms with van der Waals surface area (Å²) >= 11 is 0. The molecule has 0 unspecified atom stereocenters. The highest BCUT2D eigenvalue weighted by Crippen LogP contribution is 2.72. The van der Waals surface area contributed by atoms with Crippen molar-refractivity contribution in [2.75, 3.05) is 13.2 Å². The van der Waals surface area contributed by atoms with Gasteiger partial charge in [0, 0.05) is 12.0 Å². The first-order valence-electron chi connectivity index (χ1n) is 11.7. The van der Waals surface area contributed by atoms with Crippen molar-refractivity contribution in [1.29, 1.82) is 0 Å². The number of Topliss-reactive ketones (excluding diaryl/α,β-unsaturated/α-hetero) is 1. The van der Waals surface area contributed by atoms with Crippen molar-refractivity contribution in [2.45, 2.75) is 84.7 Å². The average Bonchev–Trinajstić information content (AvgIpc) is 2.94. The number of aliphatic hydroxyl groups excluding tert-OH is 1. The summed E-state index contributed by atoms with van der Waals surface area (Å²) in [6.45, 7) is 7.92. The van der Waals surface area contributed by atoms with E-state index >= 15 is 0 Å². The third-order valence-electron chi connectivity index (χ3n) is 9.97. The number of ether oxygens (including phenoxy) is 1. The summed E-state index contributed by atoms with van der Waals surface area (Å²) in [7, 11) is 0. The molecule has 1 spiro atoms. The van der Waals surface area contributed by atoms with E-state index in [4.69, 9.17) is 4.74 Å². The van der Waals surface area contributed by atoms with Gasteiger partial charge in [0.15, 0.2) is 0 Å². The van der Waals surface area contributed by atoms with Gasteiger partial charge in [-0.05, 0) is 94.3 Å². The van der Waals surface area contributed by atoms with Gasteiger partial charge in [0.05, 0.1) is 17.6 Å². The fourth-order valence-electron chi connectivity index (χ4n) is 8.29. The molecule has 30 heavy (non-hydrogen) atoms. The number of aliphatic hydroxyl groups is 2. The summed E-state index contributed by atoms with van der Waals surface area (Å²) in [5.41, 5.74) is -0.952. The van der Waals surface area contributed by atoms with Crippen LogP contribution in [0.5, 0.6) is 0 Å². The number of hydrogen-bond acceptors (Lipinski definition) is 5. The molecule has 4 aliphatic rings. The van der Waals surface area contributed by atoms with Gasteiger partial charge in [-0.25, -0.2) is 4.79 Å². The highest BCUT2D eigenvalue weighted by atomic mass is 16.5. The molecule has 0 aromatic rings. The Morgan fingerprint density at radius 1 is 1.20 bits per heavy atom. The van der Waals surface area contributed by atoms with Gasteiger partial charge >= 0.3 is 5.97 Å². The molecule has 0 heterocycles. The third kappa shape index (κ3) is 2.95. The predicted octanol–water partition coefficient (Wildman–Crippen LogP) is 3.81. The molecular formula is C25H38O5. The summed E-state index contributed by atoms with van der Waals surface area (Å²) < 4.78 is 5.65. The molecule has 0 aliphatic heterocycles. The van der Waals surface area contributed by atoms with Crippen molar-refractivity contribution >= 4 is 11.8 Å². The second-order valence-corrected chi connectivity index (χ2v) is 11.3. The molecule has 0 aromatic heterocycles. The second-order valence-electron chi connectivity index (χ2n) is 11.3. The van der Waals surface area contributed by atoms with Gasteiger partial charge in [-0.2, -0.15) is 0 Å². The molecular weight excluding hydrogens is 380 g/mol. The Morgan fingerprint density at radius 3 is 2.60 bits per heavy atom. The van der Waals surface area contributed by atoms with Gasteiger partial charge in [0.25, 0.3) is 0 Å². The number of esters is 1. The standard InChI is InChI=1S/C25H38O5/c1-5-16(2)21(28)30-15-23(4)18-8-11-24-12-17(25(29,13-24)14-26)6-7-19(24)22(18,3)10-9-20(23)27/h5,17-19,26,29H,6-15H2,1-4H3/b16-5+/t17-,18+,19+,22-,23+,24+,25-/m1/s1. The number of allylic oxidation sites excluding steroid dienone is 1. The van der Waals surface area contributed by atoms with Crippen molar-refractivity contribution in [1.82, 2.24) is 0 Å². The Labute approximate surface area is 180 Å². The number of rotatable bonds is 4. The minimum atomic E-state index is -0.939. The van der Waals surface area contributed by atoms with Crippen LogP contribution in [0.1, 0.15) is 79.1 Å². The molecule has 5 nitrogen and oxygen atoms in total. The Kier molecular flexibility index (Phi) is 5.25. The zero-order chi connectivity index (χ0) is 21.9. The van der Waals surface area contributed by atoms with Crippen LogP contribution >= 0.6 is 0 Å². The first-order chi connectivity index (χ1) is 14.0. The molecule has 4 fully saturated rings. The van der Waals surface area contributed by atoms with Crippen LogP contribution in [0.3, 0.4) is 0 Å². The second kappa shape index (κ2) is 7.16. The van der Waals surface area contributed by atoms with E-state index in [1.54, 1.807) is 13.0 Å². The largest absolute Gasteiger partial charge is 0.461 e. The number of carbonyl (C=O) groups excluding carboxylic acids is 2. The molecule has 4 saturated carbocycles. The van der Waals surface area contributed by atoms with Crippen molar-refractivity contribution in [3.8, 4) is 0 Å². The van der Waals surface area contributed by atoms with Gasteiger partial charge in [-0.1, -0.05) is 13.0 Å². The summed E-state index contributed by atoms with van der Waals surface area (Å²) in [5, 5.41) is 21.0. The first kappa shape index (κ1) is 22.0. The van der Waals surface area contributed by atoms with Crippen LogP contribution in [0.4, 0.5) is 0 Å². The molecule has 2 bridgehead atoms. The maximum atomic E-state index is 13.2. The Balaban J connectivity index is 1.62. The van der Waals surface area contributed by atoms with E-state index in [1.165, 1.54) is 0 Å². The lowest BCUT2D eigenvalue weighted by atomic mass is 9.41. The van der Waals surface area contributed by atoms with Crippen LogP contribution in [-0.2, 0) is 14.3 Å². The maximum absolute atomic E-state index is 13.2. The van der Waals surface area contributed by atoms with Crippen LogP contribution in [0.2, 0.25) is 0 Å². The van der Waals surface area contributed by atoms with Crippen LogP contribution in [0.25, 0.3) is 0 Å². The molecule has 0 aromatic carbocycles. The van der Waals surface area contributed by atoms with Crippen molar-refractivity contribution in [3.05, 3.63) is 11.6 Å². The van der Waals surface area contributed by atoms with E-state index in [9.17, 15) is 19.8 Å². The molecule has 0 amide bonds. The number of carbonyl (C=O) groups is 2. The average molecular weight is 419 g/mol. The monoisotopic (exact) mass is 418 g/mol. The van der Waals surface area contributed by atoms with Crippen LogP contribution in [0, 0.1) is 34.0 Å². The molecule has 4 rings (SSSR count). The van der Waals surface area contributed by atoms with Gasteiger partial charge in [-0.15, -0.1) is 0 Å². The molecule has 2 N–H and O–H groups in total. The lowest BCUT2D eigenvalue weighted by Crippen LogP contribution is -2.60. The van der Waals surface area contributed by atoms with Crippen molar-refractivity contribution in [3.63, 3.8) is 0 Å². The Morgan fingerprint density at radius 2 is 1.93 bits per heavy atom. The molecule has 4 aliphatic carbocycles. The summed E-state index contributed by atoms with van der Waals surface area (Å²) in [6.07, 6.45) is 8.75. The maximum Gasteiger partial charge on any atom is 0.333 e. The quantitative estimate of drug-likeness (QED) is 0.536. The molecule has 5 heteroatoms. The minimum absolute atomic E-state index is 0.00532. The molecule has 7 atom stereocenters. The van der Waals surface area contributed by atoms with E-state index in [0.29, 0.717) is 24.3 Å². The SMILES string of the molecule is C/C=C(\C)C(=O)OC[C@]1(C)C(=O)CC[C@@]2(C)[C@@H]3CC[C@@H]4C[C@@]3(CC[C@@H]21)C[C@@]4(O)CO. The van der Waals surface area contributed by atoms with E-state index in [0.717, 1.165) is 38.5 Å². The van der Waals surface area contributed by atoms with Gasteiger partial charge < -0.3 is 14.9 Å². The normalized spacial score (nSPS) is 48.1. The molecule has 168 valence electrons. The van der Waals surface area contributed by atoms with E-state index in [2.05, 4.69) is 6.92 Å². The lowest BCUT2D eigenvalue weighted by Gasteiger charge is -2.63. The Bertz CT molecular complexity index is 774. The number of hydrogen-bond donors (Lipinski definition) is 2. The first-order valence-corrected chi connectivity index (χ1v) is 11.7. The lowest BCUT2D eigenvalue weighted by molar-refractivity contribution is -0.179. The molecule has 0 saturated heterocycles. The van der Waals surface area contributed by atoms with E-state index < -0.39 is 11.0 Å². The summed E-state index contributed by atoms with van der Waals surface area (Å²) in [6, 6.07) is 0. The van der Waals surface area contributed by atoms with Crippen molar-refractivity contribution < 1.29 is 24.5 Å². The van der Waals surface area contributed by atoms with E-state index in [-0.39, 0.29) is 47.6 Å². The minimum Gasteiger partial charge on any atom is -0.461 e. The van der Waals surface area contributed by atoms with Crippen molar-refractivity contribution in [2.24, 2.45) is 34.0 Å². The third-order valence-corrected chi connectivity index (χ3v) is 9.97. The smallest absolute Gasteiger partial charge is 0.333 e. The zero-order valence-corrected chi connectivity index (χ0v) is 19.0. The number of ketones is 1. The van der Waals surface area contributed by atoms with E-state index in [1.807, 2.05) is 13.8 Å². The van der Waals surface area contributed by atoms with Gasteiger partial charge in [0.1, 0.15) is 12.4 Å². The summed E-state index contributed by atoms with van der Waals surface area (Å²) in [4.78, 5) is 25.4. The highest BCUT2D eigenvalue weighted by molar-refractivity contribution is 5.89. The number of fused-ring (bicyclic) bond motifs is 3. The molecule has 0 radical (unpaired) electrons. The van der Waals surface area contributed by atoms with Gasteiger partial charge in [0.2, 0.25) is 0 Å².